The van der Waals surface area contributed by atoms with Gasteiger partial charge in [0, 0.05) is 11.4 Å². The Morgan fingerprint density at radius 3 is 2.65 bits per heavy atom. The molecule has 0 bridgehead atoms. The first kappa shape index (κ1) is 18.0. The van der Waals surface area contributed by atoms with Crippen molar-refractivity contribution in [2.75, 3.05) is 0 Å². The van der Waals surface area contributed by atoms with Crippen LogP contribution < -0.4 is 0 Å². The number of aromatic nitrogens is 1. The number of rotatable bonds is 10. The lowest BCUT2D eigenvalue weighted by Gasteiger charge is -2.15. The molecule has 0 fully saturated rings. The quantitative estimate of drug-likeness (QED) is 0.621. The Hall–Kier alpha value is -1.38. The molecule has 0 saturated heterocycles. The molecule has 23 heavy (non-hydrogen) atoms. The molecule has 1 atom stereocenters. The van der Waals surface area contributed by atoms with Crippen LogP contribution in [0.1, 0.15) is 81.7 Å². The van der Waals surface area contributed by atoms with Crippen LogP contribution in [0.2, 0.25) is 0 Å². The molecule has 128 valence electrons. The molecular formula is C20H31NO2. The minimum Gasteiger partial charge on any atom is -0.481 e. The minimum absolute atomic E-state index is 0.144. The molecule has 0 amide bonds. The lowest BCUT2D eigenvalue weighted by atomic mass is 9.95. The van der Waals surface area contributed by atoms with Crippen molar-refractivity contribution in [3.63, 3.8) is 0 Å². The topological polar surface area (TPSA) is 50.2 Å². The fourth-order valence-corrected chi connectivity index (χ4v) is 3.50. The molecule has 0 aromatic carbocycles. The van der Waals surface area contributed by atoms with E-state index in [1.165, 1.54) is 55.5 Å². The van der Waals surface area contributed by atoms with Crippen molar-refractivity contribution < 1.29 is 9.90 Å². The third kappa shape index (κ3) is 5.96. The van der Waals surface area contributed by atoms with Crippen molar-refractivity contribution in [3.05, 3.63) is 29.1 Å². The normalized spacial score (nSPS) is 15.2. The summed E-state index contributed by atoms with van der Waals surface area (Å²) in [6.45, 7) is 1.96. The van der Waals surface area contributed by atoms with Gasteiger partial charge in [0.1, 0.15) is 0 Å². The summed E-state index contributed by atoms with van der Waals surface area (Å²) in [5.74, 6) is -0.777. The van der Waals surface area contributed by atoms with E-state index in [-0.39, 0.29) is 5.92 Å². The second-order valence-electron chi connectivity index (χ2n) is 6.87. The number of carbonyl (C=O) groups is 1. The molecule has 3 heteroatoms. The second-order valence-corrected chi connectivity index (χ2v) is 6.87. The van der Waals surface area contributed by atoms with Gasteiger partial charge in [0.05, 0.1) is 5.92 Å². The van der Waals surface area contributed by atoms with Gasteiger partial charge in [-0.3, -0.25) is 9.78 Å². The first-order chi connectivity index (χ1) is 11.2. The second kappa shape index (κ2) is 9.69. The average Bonchev–Trinajstić information content (AvgIpc) is 2.57. The molecule has 1 aliphatic rings. The Kier molecular flexibility index (Phi) is 7.57. The van der Waals surface area contributed by atoms with E-state index < -0.39 is 5.97 Å². The lowest BCUT2D eigenvalue weighted by molar-refractivity contribution is -0.142. The van der Waals surface area contributed by atoms with E-state index in [9.17, 15) is 4.79 Å². The maximum atomic E-state index is 10.9. The molecule has 1 heterocycles. The van der Waals surface area contributed by atoms with E-state index in [1.54, 1.807) is 0 Å². The number of carboxylic acid groups (broad SMARTS) is 1. The molecule has 0 aliphatic heterocycles. The van der Waals surface area contributed by atoms with Crippen LogP contribution >= 0.6 is 0 Å². The van der Waals surface area contributed by atoms with Gasteiger partial charge in [-0.1, -0.05) is 38.7 Å². The first-order valence-electron chi connectivity index (χ1n) is 9.41. The fourth-order valence-electron chi connectivity index (χ4n) is 3.50. The molecule has 1 aromatic rings. The highest BCUT2D eigenvalue weighted by Gasteiger charge is 2.13. The van der Waals surface area contributed by atoms with Gasteiger partial charge < -0.3 is 5.11 Å². The van der Waals surface area contributed by atoms with Gasteiger partial charge in [0.15, 0.2) is 0 Å². The summed E-state index contributed by atoms with van der Waals surface area (Å²) >= 11 is 0. The number of aryl methyl sites for hydroxylation is 3. The van der Waals surface area contributed by atoms with Crippen LogP contribution in [0, 0.1) is 5.92 Å². The van der Waals surface area contributed by atoms with Crippen LogP contribution in [-0.2, 0) is 24.1 Å². The van der Waals surface area contributed by atoms with Crippen molar-refractivity contribution in [1.82, 2.24) is 4.98 Å². The number of unbranched alkanes of at least 4 members (excludes halogenated alkanes) is 4. The van der Waals surface area contributed by atoms with Crippen LogP contribution in [0.3, 0.4) is 0 Å². The van der Waals surface area contributed by atoms with Gasteiger partial charge in [-0.15, -0.1) is 0 Å². The van der Waals surface area contributed by atoms with E-state index in [1.807, 2.05) is 6.92 Å². The number of aliphatic carboxylic acids is 1. The summed E-state index contributed by atoms with van der Waals surface area (Å²) < 4.78 is 0. The maximum Gasteiger partial charge on any atom is 0.306 e. The summed E-state index contributed by atoms with van der Waals surface area (Å²) in [5, 5.41) is 9.02. The highest BCUT2D eigenvalue weighted by Crippen LogP contribution is 2.20. The Balaban J connectivity index is 1.58. The smallest absolute Gasteiger partial charge is 0.306 e. The first-order valence-corrected chi connectivity index (χ1v) is 9.41. The number of hydrogen-bond acceptors (Lipinski definition) is 2. The number of fused-ring (bicyclic) bond motifs is 1. The largest absolute Gasteiger partial charge is 0.481 e. The van der Waals surface area contributed by atoms with Crippen LogP contribution in [-0.4, -0.2) is 16.1 Å². The Bertz CT molecular complexity index is 498. The van der Waals surface area contributed by atoms with Gasteiger partial charge in [-0.2, -0.15) is 0 Å². The van der Waals surface area contributed by atoms with E-state index in [2.05, 4.69) is 12.1 Å². The number of carboxylic acids is 1. The van der Waals surface area contributed by atoms with E-state index in [4.69, 9.17) is 10.1 Å². The van der Waals surface area contributed by atoms with Crippen molar-refractivity contribution in [1.29, 1.82) is 0 Å². The van der Waals surface area contributed by atoms with Crippen molar-refractivity contribution >= 4 is 5.97 Å². The number of pyridine rings is 1. The zero-order chi connectivity index (χ0) is 16.5. The zero-order valence-corrected chi connectivity index (χ0v) is 14.5. The van der Waals surface area contributed by atoms with E-state index in [0.717, 1.165) is 38.5 Å². The molecule has 3 nitrogen and oxygen atoms in total. The summed E-state index contributed by atoms with van der Waals surface area (Å²) in [6.07, 6.45) is 13.5. The van der Waals surface area contributed by atoms with Crippen LogP contribution in [0.4, 0.5) is 0 Å². The predicted octanol–water partition coefficient (Wildman–Crippen LogP) is 4.95. The van der Waals surface area contributed by atoms with Crippen LogP contribution in [0.5, 0.6) is 0 Å². The Labute approximate surface area is 140 Å². The van der Waals surface area contributed by atoms with Gasteiger partial charge in [0.2, 0.25) is 0 Å². The Morgan fingerprint density at radius 1 is 1.13 bits per heavy atom. The van der Waals surface area contributed by atoms with Gasteiger partial charge >= 0.3 is 5.97 Å². The molecule has 1 unspecified atom stereocenters. The molecule has 0 spiro atoms. The van der Waals surface area contributed by atoms with Crippen LogP contribution in [0.15, 0.2) is 12.1 Å². The monoisotopic (exact) mass is 317 g/mol. The van der Waals surface area contributed by atoms with Crippen molar-refractivity contribution in [2.24, 2.45) is 5.92 Å². The summed E-state index contributed by atoms with van der Waals surface area (Å²) in [6, 6.07) is 4.50. The molecular weight excluding hydrogens is 286 g/mol. The van der Waals surface area contributed by atoms with Crippen LogP contribution in [0.25, 0.3) is 0 Å². The minimum atomic E-state index is -0.633. The van der Waals surface area contributed by atoms with Gasteiger partial charge in [0.25, 0.3) is 0 Å². The third-order valence-corrected chi connectivity index (χ3v) is 5.06. The summed E-state index contributed by atoms with van der Waals surface area (Å²) in [5.41, 5.74) is 4.06. The molecule has 1 aliphatic carbocycles. The summed E-state index contributed by atoms with van der Waals surface area (Å²) in [7, 11) is 0. The van der Waals surface area contributed by atoms with E-state index in [0.29, 0.717) is 0 Å². The SMILES string of the molecule is CCC(CCCCCCCc1ccc2c(n1)CCCC2)C(=O)O. The number of hydrogen-bond donors (Lipinski definition) is 1. The molecule has 1 N–H and O–H groups in total. The molecule has 1 aromatic heterocycles. The standard InChI is InChI=1S/C20H31NO2/c1-2-16(20(22)23)10-6-4-3-5-7-12-18-15-14-17-11-8-9-13-19(17)21-18/h14-16H,2-13H2,1H3,(H,22,23). The summed E-state index contributed by atoms with van der Waals surface area (Å²) in [4.78, 5) is 15.8. The molecule has 0 saturated carbocycles. The molecule has 2 rings (SSSR count). The van der Waals surface area contributed by atoms with Crippen molar-refractivity contribution in [3.8, 4) is 0 Å². The molecule has 0 radical (unpaired) electrons. The predicted molar refractivity (Wildman–Crippen MR) is 93.7 cm³/mol. The van der Waals surface area contributed by atoms with Gasteiger partial charge in [-0.05, 0) is 63.0 Å². The lowest BCUT2D eigenvalue weighted by Crippen LogP contribution is -2.12. The van der Waals surface area contributed by atoms with Gasteiger partial charge in [-0.25, -0.2) is 0 Å². The highest BCUT2D eigenvalue weighted by molar-refractivity contribution is 5.69. The fraction of sp³-hybridized carbons (Fsp3) is 0.700. The highest BCUT2D eigenvalue weighted by atomic mass is 16.4. The third-order valence-electron chi connectivity index (χ3n) is 5.06. The zero-order valence-electron chi connectivity index (χ0n) is 14.5. The van der Waals surface area contributed by atoms with Crippen molar-refractivity contribution in [2.45, 2.75) is 84.0 Å². The maximum absolute atomic E-state index is 10.9. The number of nitrogens with zero attached hydrogens (tertiary/aromatic N) is 1. The van der Waals surface area contributed by atoms with E-state index >= 15 is 0 Å². The Morgan fingerprint density at radius 2 is 1.87 bits per heavy atom. The average molecular weight is 317 g/mol.